The Balaban J connectivity index is 1.77. The van der Waals surface area contributed by atoms with Gasteiger partial charge in [-0.25, -0.2) is 4.79 Å². The third kappa shape index (κ3) is 10.3. The molecule has 4 N–H and O–H groups in total. The molecular weight excluding hydrogens is 706 g/mol. The van der Waals surface area contributed by atoms with Gasteiger partial charge in [0, 0.05) is 50.1 Å². The van der Waals surface area contributed by atoms with E-state index in [2.05, 4.69) is 18.0 Å². The summed E-state index contributed by atoms with van der Waals surface area (Å²) in [5.41, 5.74) is 1.90. The van der Waals surface area contributed by atoms with Gasteiger partial charge in [0.25, 0.3) is 0 Å². The van der Waals surface area contributed by atoms with Crippen molar-refractivity contribution in [1.82, 2.24) is 10.2 Å². The summed E-state index contributed by atoms with van der Waals surface area (Å²) < 4.78 is 25.7. The van der Waals surface area contributed by atoms with Gasteiger partial charge in [-0.15, -0.1) is 6.58 Å². The largest absolute Gasteiger partial charge is 0.459 e. The molecule has 1 aromatic carbocycles. The van der Waals surface area contributed by atoms with Crippen LogP contribution in [0.2, 0.25) is 0 Å². The summed E-state index contributed by atoms with van der Waals surface area (Å²) in [7, 11) is 0. The predicted molar refractivity (Wildman–Crippen MR) is 208 cm³/mol. The first-order valence-electron chi connectivity index (χ1n) is 20.2. The van der Waals surface area contributed by atoms with Crippen LogP contribution in [0.3, 0.4) is 0 Å². The maximum atomic E-state index is 14.4. The molecule has 1 aliphatic heterocycles. The number of hydrogen-bond acceptors (Lipinski definition) is 11. The second kappa shape index (κ2) is 19.6. The number of carbonyl (C=O) groups is 2. The molecule has 6 unspecified atom stereocenters. The summed E-state index contributed by atoms with van der Waals surface area (Å²) >= 11 is 0. The van der Waals surface area contributed by atoms with Crippen molar-refractivity contribution in [2.24, 2.45) is 28.8 Å². The third-order valence-corrected chi connectivity index (χ3v) is 10.9. The van der Waals surface area contributed by atoms with Crippen LogP contribution in [0, 0.1) is 23.7 Å². The number of aliphatic hydroxyl groups is 3. The summed E-state index contributed by atoms with van der Waals surface area (Å²) in [5.74, 6) is -1.23. The molecule has 0 radical (unpaired) electrons. The Hall–Kier alpha value is -3.49. The Morgan fingerprint density at radius 2 is 1.82 bits per heavy atom. The van der Waals surface area contributed by atoms with Crippen LogP contribution in [0.15, 0.2) is 47.7 Å². The Bertz CT molecular complexity index is 1520. The van der Waals surface area contributed by atoms with Gasteiger partial charge in [0.1, 0.15) is 23.1 Å². The molecule has 13 heteroatoms. The molecule has 5 rings (SSSR count). The minimum Gasteiger partial charge on any atom is -0.459 e. The second-order valence-corrected chi connectivity index (χ2v) is 16.0. The Kier molecular flexibility index (Phi) is 15.2. The van der Waals surface area contributed by atoms with E-state index in [1.165, 1.54) is 0 Å². The SMILES string of the molecule is C=CCOC12Oc3ccc(OC(=O)NCC)cc3C3C(CCCCO)C(CCCCO)C=C(C(=NOC(C)(C)C)CC1N(CCOCCO)C(=O)C1CC1)C32. The highest BCUT2D eigenvalue weighted by Crippen LogP contribution is 2.62. The average Bonchev–Trinajstić information content (AvgIpc) is 4.00. The predicted octanol–water partition coefficient (Wildman–Crippen LogP) is 5.47. The highest BCUT2D eigenvalue weighted by Gasteiger charge is 2.66. The first kappa shape index (κ1) is 42.6. The van der Waals surface area contributed by atoms with Crippen LogP contribution in [0.5, 0.6) is 11.5 Å². The van der Waals surface area contributed by atoms with Crippen LogP contribution in [0.4, 0.5) is 4.79 Å². The van der Waals surface area contributed by atoms with Gasteiger partial charge in [-0.3, -0.25) is 4.79 Å². The van der Waals surface area contributed by atoms with Crippen molar-refractivity contribution in [1.29, 1.82) is 0 Å². The number of aliphatic hydroxyl groups excluding tert-OH is 3. The van der Waals surface area contributed by atoms with Gasteiger partial charge in [-0.2, -0.15) is 0 Å². The maximum Gasteiger partial charge on any atom is 0.412 e. The molecule has 13 nitrogen and oxygen atoms in total. The van der Waals surface area contributed by atoms with Crippen molar-refractivity contribution < 1.29 is 48.7 Å². The van der Waals surface area contributed by atoms with E-state index in [1.54, 1.807) is 12.1 Å². The zero-order chi connectivity index (χ0) is 39.6. The molecule has 3 aliphatic carbocycles. The van der Waals surface area contributed by atoms with Crippen LogP contribution < -0.4 is 14.8 Å². The Labute approximate surface area is 326 Å². The molecule has 1 heterocycles. The third-order valence-electron chi connectivity index (χ3n) is 10.9. The summed E-state index contributed by atoms with van der Waals surface area (Å²) in [6.45, 7) is 12.9. The van der Waals surface area contributed by atoms with E-state index < -0.39 is 29.4 Å². The molecular formula is C42H63N3O10. The molecule has 0 aromatic heterocycles. The lowest BCUT2D eigenvalue weighted by Gasteiger charge is -2.60. The number of carbonyl (C=O) groups excluding carboxylic acids is 2. The molecule has 0 spiro atoms. The van der Waals surface area contributed by atoms with E-state index in [-0.39, 0.29) is 82.2 Å². The van der Waals surface area contributed by atoms with Gasteiger partial charge in [0.2, 0.25) is 11.7 Å². The van der Waals surface area contributed by atoms with Gasteiger partial charge in [-0.1, -0.05) is 30.1 Å². The van der Waals surface area contributed by atoms with Gasteiger partial charge in [0.05, 0.1) is 38.1 Å². The molecule has 2 amide bonds. The fourth-order valence-corrected chi connectivity index (χ4v) is 8.51. The van der Waals surface area contributed by atoms with Gasteiger partial charge >= 0.3 is 6.09 Å². The number of nitrogens with zero attached hydrogens (tertiary/aromatic N) is 2. The van der Waals surface area contributed by atoms with E-state index in [4.69, 9.17) is 28.9 Å². The number of oxime groups is 1. The van der Waals surface area contributed by atoms with Crippen LogP contribution in [0.1, 0.15) is 97.0 Å². The fourth-order valence-electron chi connectivity index (χ4n) is 8.51. The quantitative estimate of drug-likeness (QED) is 0.0715. The molecule has 6 atom stereocenters. The second-order valence-electron chi connectivity index (χ2n) is 16.0. The monoisotopic (exact) mass is 769 g/mol. The standard InChI is InChI=1S/C42H63N3O10/c1-6-22-52-42-36(45(18-23-51-24-21-48)39(49)28-14-15-28)27-34(44-55-41(3,4)5)32-25-29(12-8-10-19-46)31(13-9-11-20-47)37(38(32)42)33-26-30(16-17-35(33)54-42)53-40(50)43-7-2/h6,16-17,25-26,28-29,31,36-38,46-48H,1,7-15,18-24,27H2,2-5H3,(H,43,50). The van der Waals surface area contributed by atoms with Crippen LogP contribution >= 0.6 is 0 Å². The number of rotatable bonds is 21. The van der Waals surface area contributed by atoms with Crippen molar-refractivity contribution in [3.63, 3.8) is 0 Å². The highest BCUT2D eigenvalue weighted by molar-refractivity contribution is 6.03. The molecule has 1 aromatic rings. The zero-order valence-electron chi connectivity index (χ0n) is 33.2. The van der Waals surface area contributed by atoms with Gasteiger partial charge < -0.3 is 49.3 Å². The zero-order valence-corrected chi connectivity index (χ0v) is 33.2. The highest BCUT2D eigenvalue weighted by atomic mass is 16.7. The number of fused-ring (bicyclic) bond motifs is 2. The number of unbranched alkanes of at least 4 members (excludes halogenated alkanes) is 2. The summed E-state index contributed by atoms with van der Waals surface area (Å²) in [4.78, 5) is 35.1. The van der Waals surface area contributed by atoms with E-state index >= 15 is 0 Å². The van der Waals surface area contributed by atoms with E-state index in [0.29, 0.717) is 36.6 Å². The smallest absolute Gasteiger partial charge is 0.412 e. The number of allylic oxidation sites excluding steroid dienone is 1. The molecule has 0 saturated heterocycles. The van der Waals surface area contributed by atoms with E-state index in [0.717, 1.165) is 49.7 Å². The molecule has 4 aliphatic rings. The van der Waals surface area contributed by atoms with Crippen molar-refractivity contribution in [3.8, 4) is 11.5 Å². The van der Waals surface area contributed by atoms with Crippen molar-refractivity contribution in [2.75, 3.05) is 52.7 Å². The van der Waals surface area contributed by atoms with Gasteiger partial charge in [-0.05, 0) is 102 Å². The number of ether oxygens (including phenoxy) is 4. The Morgan fingerprint density at radius 1 is 1.07 bits per heavy atom. The van der Waals surface area contributed by atoms with Crippen LogP contribution in [0.25, 0.3) is 0 Å². The van der Waals surface area contributed by atoms with Gasteiger partial charge in [0.15, 0.2) is 0 Å². The number of hydrogen-bond donors (Lipinski definition) is 4. The summed E-state index contributed by atoms with van der Waals surface area (Å²) in [6.07, 6.45) is 9.81. The Morgan fingerprint density at radius 3 is 2.47 bits per heavy atom. The normalized spacial score (nSPS) is 26.3. The number of benzene rings is 1. The first-order valence-corrected chi connectivity index (χ1v) is 20.2. The van der Waals surface area contributed by atoms with Crippen molar-refractivity contribution in [3.05, 3.63) is 48.1 Å². The lowest BCUT2D eigenvalue weighted by molar-refractivity contribution is -0.258. The van der Waals surface area contributed by atoms with Crippen molar-refractivity contribution >= 4 is 17.7 Å². The summed E-state index contributed by atoms with van der Waals surface area (Å²) in [6, 6.07) is 4.77. The molecule has 2 saturated carbocycles. The minimum atomic E-state index is -1.40. The van der Waals surface area contributed by atoms with E-state index in [9.17, 15) is 24.9 Å². The first-order chi connectivity index (χ1) is 26.5. The maximum absolute atomic E-state index is 14.4. The molecule has 2 fully saturated rings. The molecule has 306 valence electrons. The van der Waals surface area contributed by atoms with Crippen molar-refractivity contribution in [2.45, 2.75) is 109 Å². The summed E-state index contributed by atoms with van der Waals surface area (Å²) in [5, 5.41) is 36.7. The molecule has 0 bridgehead atoms. The lowest BCUT2D eigenvalue weighted by Crippen LogP contribution is -2.70. The van der Waals surface area contributed by atoms with Crippen LogP contribution in [-0.2, 0) is 19.1 Å². The fraction of sp³-hybridized carbons (Fsp3) is 0.690. The minimum absolute atomic E-state index is 0.00323. The number of nitrogens with one attached hydrogen (secondary N) is 1. The topological polar surface area (TPSA) is 169 Å². The van der Waals surface area contributed by atoms with E-state index in [1.807, 2.05) is 44.7 Å². The average molecular weight is 770 g/mol. The number of amides is 2. The molecule has 55 heavy (non-hydrogen) atoms. The van der Waals surface area contributed by atoms with Crippen LogP contribution in [-0.4, -0.2) is 108 Å². The lowest BCUT2D eigenvalue weighted by atomic mass is 9.55.